The topological polar surface area (TPSA) is 59.1 Å². The molecular weight excluding hydrogens is 388 g/mol. The van der Waals surface area contributed by atoms with Gasteiger partial charge in [-0.25, -0.2) is 12.7 Å². The second-order valence-electron chi connectivity index (χ2n) is 8.12. The molecule has 29 heavy (non-hydrogen) atoms. The molecule has 4 rings (SSSR count). The second kappa shape index (κ2) is 7.97. The number of piperidine rings is 1. The molecule has 2 aromatic rings. The minimum Gasteiger partial charge on any atom is -0.497 e. The maximum atomic E-state index is 13.0. The normalized spacial score (nSPS) is 21.6. The lowest BCUT2D eigenvalue weighted by Crippen LogP contribution is -2.50. The van der Waals surface area contributed by atoms with E-state index in [1.54, 1.807) is 32.4 Å². The molecule has 2 aromatic carbocycles. The van der Waals surface area contributed by atoms with Crippen LogP contribution in [0.3, 0.4) is 0 Å². The molecule has 0 amide bonds. The number of benzene rings is 2. The second-order valence-corrected chi connectivity index (χ2v) is 10.1. The van der Waals surface area contributed by atoms with Crippen molar-refractivity contribution in [2.75, 3.05) is 40.4 Å². The van der Waals surface area contributed by atoms with Crippen molar-refractivity contribution in [3.8, 4) is 11.5 Å². The predicted octanol–water partition coefficient (Wildman–Crippen LogP) is 2.99. The molecule has 0 aromatic heterocycles. The van der Waals surface area contributed by atoms with E-state index >= 15 is 0 Å². The van der Waals surface area contributed by atoms with Crippen molar-refractivity contribution < 1.29 is 17.9 Å². The fraction of sp³-hybridized carbons (Fsp3) is 0.455. The van der Waals surface area contributed by atoms with Crippen molar-refractivity contribution in [2.45, 2.75) is 24.3 Å². The van der Waals surface area contributed by atoms with Crippen LogP contribution in [0.2, 0.25) is 0 Å². The summed E-state index contributed by atoms with van der Waals surface area (Å²) in [6, 6.07) is 15.1. The largest absolute Gasteiger partial charge is 0.497 e. The molecule has 6 nitrogen and oxygen atoms in total. The van der Waals surface area contributed by atoms with Crippen molar-refractivity contribution in [2.24, 2.45) is 5.41 Å². The van der Waals surface area contributed by atoms with Crippen molar-refractivity contribution in [1.82, 2.24) is 9.21 Å². The van der Waals surface area contributed by atoms with Crippen LogP contribution < -0.4 is 9.47 Å². The monoisotopic (exact) mass is 416 g/mol. The van der Waals surface area contributed by atoms with Gasteiger partial charge < -0.3 is 9.47 Å². The summed E-state index contributed by atoms with van der Waals surface area (Å²) in [5.41, 5.74) is 1.09. The fourth-order valence-corrected chi connectivity index (χ4v) is 5.67. The highest BCUT2D eigenvalue weighted by Gasteiger charge is 2.41. The average molecular weight is 417 g/mol. The van der Waals surface area contributed by atoms with Gasteiger partial charge in [0.15, 0.2) is 0 Å². The Morgan fingerprint density at radius 1 is 1.07 bits per heavy atom. The summed E-state index contributed by atoms with van der Waals surface area (Å²) in [5.74, 6) is 1.32. The number of hydrogen-bond donors (Lipinski definition) is 0. The Morgan fingerprint density at radius 2 is 1.76 bits per heavy atom. The first-order chi connectivity index (χ1) is 13.9. The Bertz CT molecular complexity index is 951. The number of likely N-dealkylation sites (tertiary alicyclic amines) is 1. The van der Waals surface area contributed by atoms with E-state index in [0.717, 1.165) is 38.2 Å². The van der Waals surface area contributed by atoms with E-state index < -0.39 is 10.0 Å². The SMILES string of the molecule is COc1ccc(CN2CCC3(CC2)COc2ccccc2S(=O)(=O)N(C)C3)cc1. The van der Waals surface area contributed by atoms with Crippen molar-refractivity contribution in [1.29, 1.82) is 0 Å². The van der Waals surface area contributed by atoms with Gasteiger partial charge in [-0.15, -0.1) is 0 Å². The van der Waals surface area contributed by atoms with Gasteiger partial charge in [-0.3, -0.25) is 4.90 Å². The van der Waals surface area contributed by atoms with Gasteiger partial charge in [-0.05, 0) is 55.8 Å². The van der Waals surface area contributed by atoms with Gasteiger partial charge >= 0.3 is 0 Å². The summed E-state index contributed by atoms with van der Waals surface area (Å²) in [6.07, 6.45) is 1.82. The van der Waals surface area contributed by atoms with Crippen LogP contribution in [0.5, 0.6) is 11.5 Å². The van der Waals surface area contributed by atoms with E-state index in [2.05, 4.69) is 17.0 Å². The zero-order chi connectivity index (χ0) is 20.5. The number of fused-ring (bicyclic) bond motifs is 1. The molecule has 2 heterocycles. The Kier molecular flexibility index (Phi) is 5.55. The zero-order valence-corrected chi connectivity index (χ0v) is 17.8. The molecular formula is C22H28N2O4S. The maximum Gasteiger partial charge on any atom is 0.246 e. The van der Waals surface area contributed by atoms with Gasteiger partial charge in [0.25, 0.3) is 0 Å². The molecule has 1 spiro atoms. The Balaban J connectivity index is 1.46. The molecule has 2 aliphatic heterocycles. The highest BCUT2D eigenvalue weighted by atomic mass is 32.2. The lowest BCUT2D eigenvalue weighted by molar-refractivity contribution is 0.0361. The predicted molar refractivity (Wildman–Crippen MR) is 112 cm³/mol. The van der Waals surface area contributed by atoms with Crippen molar-refractivity contribution in [3.05, 3.63) is 54.1 Å². The third-order valence-corrected chi connectivity index (χ3v) is 7.95. The van der Waals surface area contributed by atoms with Gasteiger partial charge in [0.2, 0.25) is 10.0 Å². The summed E-state index contributed by atoms with van der Waals surface area (Å²) < 4.78 is 38.8. The number of ether oxygens (including phenoxy) is 2. The first kappa shape index (κ1) is 20.2. The lowest BCUT2D eigenvalue weighted by Gasteiger charge is -2.44. The number of sulfonamides is 1. The van der Waals surface area contributed by atoms with Gasteiger partial charge in [0, 0.05) is 25.6 Å². The quantitative estimate of drug-likeness (QED) is 0.770. The van der Waals surface area contributed by atoms with Crippen molar-refractivity contribution in [3.63, 3.8) is 0 Å². The summed E-state index contributed by atoms with van der Waals surface area (Å²) in [7, 11) is -0.186. The van der Waals surface area contributed by atoms with E-state index in [-0.39, 0.29) is 10.3 Å². The van der Waals surface area contributed by atoms with Crippen LogP contribution in [-0.2, 0) is 16.6 Å². The number of nitrogens with zero attached hydrogens (tertiary/aromatic N) is 2. The van der Waals surface area contributed by atoms with Crippen LogP contribution in [-0.4, -0.2) is 58.0 Å². The molecule has 156 valence electrons. The van der Waals surface area contributed by atoms with Crippen molar-refractivity contribution >= 4 is 10.0 Å². The van der Waals surface area contributed by atoms with E-state index in [9.17, 15) is 8.42 Å². The molecule has 0 bridgehead atoms. The zero-order valence-electron chi connectivity index (χ0n) is 17.0. The Morgan fingerprint density at radius 3 is 2.45 bits per heavy atom. The van der Waals surface area contributed by atoms with Crippen LogP contribution in [0.15, 0.2) is 53.4 Å². The minimum absolute atomic E-state index is 0.161. The molecule has 0 radical (unpaired) electrons. The molecule has 7 heteroatoms. The van der Waals surface area contributed by atoms with Gasteiger partial charge in [0.05, 0.1) is 13.7 Å². The molecule has 2 aliphatic rings. The van der Waals surface area contributed by atoms with Crippen LogP contribution in [0.1, 0.15) is 18.4 Å². The van der Waals surface area contributed by atoms with E-state index in [1.807, 2.05) is 18.2 Å². The number of hydrogen-bond acceptors (Lipinski definition) is 5. The first-order valence-electron chi connectivity index (χ1n) is 9.95. The number of para-hydroxylation sites is 1. The van der Waals surface area contributed by atoms with E-state index in [0.29, 0.717) is 18.9 Å². The number of rotatable bonds is 3. The molecule has 0 unspecified atom stereocenters. The van der Waals surface area contributed by atoms with Gasteiger partial charge in [0.1, 0.15) is 16.4 Å². The molecule has 0 N–H and O–H groups in total. The van der Waals surface area contributed by atoms with E-state index in [1.165, 1.54) is 9.87 Å². The lowest BCUT2D eigenvalue weighted by atomic mass is 9.78. The average Bonchev–Trinajstić information content (AvgIpc) is 2.74. The molecule has 0 aliphatic carbocycles. The summed E-state index contributed by atoms with van der Waals surface area (Å²) in [4.78, 5) is 2.68. The minimum atomic E-state index is -3.54. The molecule has 0 atom stereocenters. The third-order valence-electron chi connectivity index (χ3n) is 6.11. The molecule has 1 fully saturated rings. The highest BCUT2D eigenvalue weighted by Crippen LogP contribution is 2.38. The Labute approximate surface area is 173 Å². The smallest absolute Gasteiger partial charge is 0.246 e. The highest BCUT2D eigenvalue weighted by molar-refractivity contribution is 7.89. The van der Waals surface area contributed by atoms with Crippen LogP contribution >= 0.6 is 0 Å². The summed E-state index contributed by atoms with van der Waals surface area (Å²) in [6.45, 7) is 3.76. The third kappa shape index (κ3) is 4.13. The van der Waals surface area contributed by atoms with E-state index in [4.69, 9.17) is 9.47 Å². The first-order valence-corrected chi connectivity index (χ1v) is 11.4. The van der Waals surface area contributed by atoms with Crippen LogP contribution in [0, 0.1) is 5.41 Å². The summed E-state index contributed by atoms with van der Waals surface area (Å²) >= 11 is 0. The standard InChI is InChI=1S/C22H28N2O4S/c1-23-16-22(17-28-20-5-3-4-6-21(20)29(23,25)26)11-13-24(14-12-22)15-18-7-9-19(27-2)10-8-18/h3-10H,11-17H2,1-2H3. The maximum absolute atomic E-state index is 13.0. The fourth-order valence-electron chi connectivity index (χ4n) is 4.26. The van der Waals surface area contributed by atoms with Crippen LogP contribution in [0.25, 0.3) is 0 Å². The summed E-state index contributed by atoms with van der Waals surface area (Å²) in [5, 5.41) is 0. The Hall–Kier alpha value is -2.09. The molecule has 1 saturated heterocycles. The van der Waals surface area contributed by atoms with Gasteiger partial charge in [-0.2, -0.15) is 0 Å². The van der Waals surface area contributed by atoms with Gasteiger partial charge in [-0.1, -0.05) is 24.3 Å². The van der Waals surface area contributed by atoms with Crippen LogP contribution in [0.4, 0.5) is 0 Å². The molecule has 0 saturated carbocycles. The number of methoxy groups -OCH3 is 1.